The molecule has 1 aromatic carbocycles. The van der Waals surface area contributed by atoms with Crippen LogP contribution in [-0.4, -0.2) is 26.9 Å². The molecular weight excluding hydrogens is 326 g/mol. The molecule has 6 nitrogen and oxygen atoms in total. The molecule has 1 fully saturated rings. The first-order chi connectivity index (χ1) is 11.1. The third kappa shape index (κ3) is 4.33. The first kappa shape index (κ1) is 18.4. The molecule has 0 spiro atoms. The summed E-state index contributed by atoms with van der Waals surface area (Å²) in [5.41, 5.74) is 7.67. The summed E-state index contributed by atoms with van der Waals surface area (Å²) < 4.78 is 1.72. The second-order valence-corrected chi connectivity index (χ2v) is 6.28. The van der Waals surface area contributed by atoms with Gasteiger partial charge in [0.05, 0.1) is 17.9 Å². The fourth-order valence-electron chi connectivity index (χ4n) is 3.05. The fraction of sp³-hybridized carbons (Fsp3) is 0.471. The molecule has 3 unspecified atom stereocenters. The van der Waals surface area contributed by atoms with Crippen molar-refractivity contribution in [3.63, 3.8) is 0 Å². The monoisotopic (exact) mass is 349 g/mol. The van der Waals surface area contributed by atoms with Crippen LogP contribution in [0.4, 0.5) is 0 Å². The van der Waals surface area contributed by atoms with Gasteiger partial charge in [0.1, 0.15) is 5.69 Å². The van der Waals surface area contributed by atoms with Crippen molar-refractivity contribution in [2.75, 3.05) is 0 Å². The third-order valence-corrected chi connectivity index (χ3v) is 4.42. The van der Waals surface area contributed by atoms with E-state index in [2.05, 4.69) is 15.6 Å². The Bertz CT molecular complexity index is 660. The number of nitrogens with two attached hydrogens (primary N) is 1. The van der Waals surface area contributed by atoms with Gasteiger partial charge in [-0.2, -0.15) is 0 Å². The van der Waals surface area contributed by atoms with E-state index in [9.17, 15) is 4.79 Å². The third-order valence-electron chi connectivity index (χ3n) is 4.42. The molecular formula is C17H24ClN5O. The number of benzene rings is 1. The van der Waals surface area contributed by atoms with Crippen molar-refractivity contribution in [3.05, 3.63) is 42.2 Å². The molecule has 2 aromatic rings. The number of nitrogens with one attached hydrogen (secondary N) is 1. The van der Waals surface area contributed by atoms with Crippen LogP contribution >= 0.6 is 12.4 Å². The highest BCUT2D eigenvalue weighted by atomic mass is 35.5. The summed E-state index contributed by atoms with van der Waals surface area (Å²) in [7, 11) is 0. The molecule has 1 aliphatic rings. The van der Waals surface area contributed by atoms with Gasteiger partial charge in [0, 0.05) is 12.0 Å². The highest BCUT2D eigenvalue weighted by Gasteiger charge is 2.26. The van der Waals surface area contributed by atoms with Crippen molar-refractivity contribution in [3.8, 4) is 5.69 Å². The zero-order chi connectivity index (χ0) is 16.2. The minimum Gasteiger partial charge on any atom is -0.348 e. The largest absolute Gasteiger partial charge is 0.348 e. The highest BCUT2D eigenvalue weighted by Crippen LogP contribution is 2.24. The molecule has 130 valence electrons. The van der Waals surface area contributed by atoms with E-state index in [1.807, 2.05) is 43.5 Å². The van der Waals surface area contributed by atoms with Crippen LogP contribution < -0.4 is 11.1 Å². The van der Waals surface area contributed by atoms with Gasteiger partial charge in [-0.05, 0) is 38.3 Å². The SMILES string of the molecule is CC(NC(=O)C1CCCC(N)C1)c1cn(-c2ccccc2)nn1.Cl. The van der Waals surface area contributed by atoms with E-state index in [0.717, 1.165) is 37.1 Å². The van der Waals surface area contributed by atoms with Gasteiger partial charge in [0.2, 0.25) is 5.91 Å². The first-order valence-corrected chi connectivity index (χ1v) is 8.17. The first-order valence-electron chi connectivity index (χ1n) is 8.17. The summed E-state index contributed by atoms with van der Waals surface area (Å²) >= 11 is 0. The molecule has 7 heteroatoms. The van der Waals surface area contributed by atoms with Crippen LogP contribution in [0.1, 0.15) is 44.3 Å². The van der Waals surface area contributed by atoms with Crippen LogP contribution in [0.5, 0.6) is 0 Å². The summed E-state index contributed by atoms with van der Waals surface area (Å²) in [4.78, 5) is 12.4. The van der Waals surface area contributed by atoms with E-state index in [1.54, 1.807) is 4.68 Å². The van der Waals surface area contributed by atoms with Crippen LogP contribution in [0.25, 0.3) is 5.69 Å². The Morgan fingerprint density at radius 1 is 1.33 bits per heavy atom. The van der Waals surface area contributed by atoms with Crippen molar-refractivity contribution in [2.24, 2.45) is 11.7 Å². The van der Waals surface area contributed by atoms with E-state index in [1.165, 1.54) is 0 Å². The molecule has 0 bridgehead atoms. The van der Waals surface area contributed by atoms with E-state index in [0.29, 0.717) is 0 Å². The molecule has 3 atom stereocenters. The Balaban J connectivity index is 0.00000208. The van der Waals surface area contributed by atoms with Crippen LogP contribution in [0.15, 0.2) is 36.5 Å². The maximum absolute atomic E-state index is 12.4. The van der Waals surface area contributed by atoms with E-state index >= 15 is 0 Å². The Morgan fingerprint density at radius 3 is 2.79 bits per heavy atom. The van der Waals surface area contributed by atoms with Crippen molar-refractivity contribution in [1.82, 2.24) is 20.3 Å². The zero-order valence-electron chi connectivity index (χ0n) is 13.8. The van der Waals surface area contributed by atoms with Crippen LogP contribution in [0.2, 0.25) is 0 Å². The Morgan fingerprint density at radius 2 is 2.08 bits per heavy atom. The standard InChI is InChI=1S/C17H23N5O.ClH/c1-12(19-17(23)13-6-5-7-14(18)10-13)16-11-22(21-20-16)15-8-3-2-4-9-15;/h2-4,8-9,11-14H,5-7,10,18H2,1H3,(H,19,23);1H. The van der Waals surface area contributed by atoms with Gasteiger partial charge in [0.15, 0.2) is 0 Å². The van der Waals surface area contributed by atoms with Gasteiger partial charge in [-0.15, -0.1) is 17.5 Å². The number of carbonyl (C=O) groups is 1. The minimum absolute atomic E-state index is 0. The van der Waals surface area contributed by atoms with Crippen LogP contribution in [0, 0.1) is 5.92 Å². The molecule has 1 aromatic heterocycles. The lowest BCUT2D eigenvalue weighted by molar-refractivity contribution is -0.126. The number of nitrogens with zero attached hydrogens (tertiary/aromatic N) is 3. The highest BCUT2D eigenvalue weighted by molar-refractivity contribution is 5.85. The average molecular weight is 350 g/mol. The lowest BCUT2D eigenvalue weighted by atomic mass is 9.85. The second kappa shape index (κ2) is 8.26. The number of aromatic nitrogens is 3. The summed E-state index contributed by atoms with van der Waals surface area (Å²) in [6.45, 7) is 1.93. The van der Waals surface area contributed by atoms with Crippen LogP contribution in [0.3, 0.4) is 0 Å². The molecule has 1 aliphatic carbocycles. The number of rotatable bonds is 4. The minimum atomic E-state index is -0.168. The van der Waals surface area contributed by atoms with Gasteiger partial charge >= 0.3 is 0 Å². The molecule has 1 amide bonds. The van der Waals surface area contributed by atoms with Gasteiger partial charge in [0.25, 0.3) is 0 Å². The number of amides is 1. The zero-order valence-corrected chi connectivity index (χ0v) is 14.6. The topological polar surface area (TPSA) is 85.8 Å². The summed E-state index contributed by atoms with van der Waals surface area (Å²) in [6, 6.07) is 9.77. The number of halogens is 1. The molecule has 3 rings (SSSR count). The summed E-state index contributed by atoms with van der Waals surface area (Å²) in [5.74, 6) is 0.0901. The van der Waals surface area contributed by atoms with Crippen LogP contribution in [-0.2, 0) is 4.79 Å². The van der Waals surface area contributed by atoms with Gasteiger partial charge in [-0.3, -0.25) is 4.79 Å². The molecule has 3 N–H and O–H groups in total. The molecule has 1 heterocycles. The molecule has 0 aliphatic heterocycles. The predicted molar refractivity (Wildman–Crippen MR) is 95.1 cm³/mol. The van der Waals surface area contributed by atoms with Gasteiger partial charge < -0.3 is 11.1 Å². The Labute approximate surface area is 148 Å². The van der Waals surface area contributed by atoms with Gasteiger partial charge in [-0.25, -0.2) is 4.68 Å². The predicted octanol–water partition coefficient (Wildman–Crippen LogP) is 2.38. The lowest BCUT2D eigenvalue weighted by Gasteiger charge is -2.26. The number of para-hydroxylation sites is 1. The molecule has 1 saturated carbocycles. The van der Waals surface area contributed by atoms with Crippen molar-refractivity contribution in [2.45, 2.75) is 44.7 Å². The molecule has 24 heavy (non-hydrogen) atoms. The Kier molecular flexibility index (Phi) is 6.34. The van der Waals surface area contributed by atoms with Crippen molar-refractivity contribution < 1.29 is 4.79 Å². The number of hydrogen-bond acceptors (Lipinski definition) is 4. The van der Waals surface area contributed by atoms with Gasteiger partial charge in [-0.1, -0.05) is 29.8 Å². The molecule has 0 radical (unpaired) electrons. The average Bonchev–Trinajstić information content (AvgIpc) is 3.06. The van der Waals surface area contributed by atoms with E-state index < -0.39 is 0 Å². The fourth-order valence-corrected chi connectivity index (χ4v) is 3.05. The van der Waals surface area contributed by atoms with Crippen molar-refractivity contribution in [1.29, 1.82) is 0 Å². The second-order valence-electron chi connectivity index (χ2n) is 6.28. The number of carbonyl (C=O) groups excluding carboxylic acids is 1. The quantitative estimate of drug-likeness (QED) is 0.887. The number of hydrogen-bond donors (Lipinski definition) is 2. The maximum Gasteiger partial charge on any atom is 0.223 e. The normalized spacial score (nSPS) is 21.6. The summed E-state index contributed by atoms with van der Waals surface area (Å²) in [6.07, 6.45) is 5.59. The van der Waals surface area contributed by atoms with E-state index in [-0.39, 0.29) is 36.3 Å². The lowest BCUT2D eigenvalue weighted by Crippen LogP contribution is -2.38. The van der Waals surface area contributed by atoms with Crippen molar-refractivity contribution >= 4 is 18.3 Å². The maximum atomic E-state index is 12.4. The van der Waals surface area contributed by atoms with E-state index in [4.69, 9.17) is 5.73 Å². The summed E-state index contributed by atoms with van der Waals surface area (Å²) in [5, 5.41) is 11.4. The Hall–Kier alpha value is -1.92. The molecule has 0 saturated heterocycles. The smallest absolute Gasteiger partial charge is 0.223 e.